The summed E-state index contributed by atoms with van der Waals surface area (Å²) >= 11 is 0. The number of benzene rings is 2. The van der Waals surface area contributed by atoms with Crippen LogP contribution < -0.4 is 5.32 Å². The van der Waals surface area contributed by atoms with E-state index in [0.29, 0.717) is 0 Å². The van der Waals surface area contributed by atoms with Gasteiger partial charge in [-0.25, -0.2) is 13.1 Å². The van der Waals surface area contributed by atoms with Crippen molar-refractivity contribution in [2.24, 2.45) is 0 Å². The van der Waals surface area contributed by atoms with Crippen molar-refractivity contribution >= 4 is 15.7 Å². The fraction of sp³-hybridized carbons (Fsp3) is 0.200. The minimum absolute atomic E-state index is 0.170. The SMILES string of the molecule is Cc1nn(-c2ccccc2)c(C)c1CNC(=O)c1ccc(S(=O)(=O)C(F)F)cc1. The molecule has 0 bridgehead atoms. The van der Waals surface area contributed by atoms with Crippen LogP contribution in [0, 0.1) is 13.8 Å². The van der Waals surface area contributed by atoms with E-state index >= 15 is 0 Å². The van der Waals surface area contributed by atoms with Crippen LogP contribution in [0.1, 0.15) is 27.3 Å². The van der Waals surface area contributed by atoms with Gasteiger partial charge in [-0.15, -0.1) is 0 Å². The standard InChI is InChI=1S/C20H19F2N3O3S/c1-13-18(14(2)25(24-13)16-6-4-3-5-7-16)12-23-19(26)15-8-10-17(11-9-15)29(27,28)20(21)22/h3-11,20H,12H2,1-2H3,(H,23,26). The molecule has 1 amide bonds. The van der Waals surface area contributed by atoms with Gasteiger partial charge in [0.15, 0.2) is 0 Å². The van der Waals surface area contributed by atoms with Crippen molar-refractivity contribution in [1.29, 1.82) is 0 Å². The molecule has 0 spiro atoms. The predicted molar refractivity (Wildman–Crippen MR) is 104 cm³/mol. The van der Waals surface area contributed by atoms with Gasteiger partial charge in [0.25, 0.3) is 5.91 Å². The number of aryl methyl sites for hydroxylation is 1. The average molecular weight is 419 g/mol. The van der Waals surface area contributed by atoms with Crippen LogP contribution in [0.5, 0.6) is 0 Å². The summed E-state index contributed by atoms with van der Waals surface area (Å²) in [6.07, 6.45) is 0. The molecule has 0 fully saturated rings. The Morgan fingerprint density at radius 2 is 1.69 bits per heavy atom. The second kappa shape index (κ2) is 8.12. The lowest BCUT2D eigenvalue weighted by molar-refractivity contribution is 0.0950. The van der Waals surface area contributed by atoms with Crippen molar-refractivity contribution < 1.29 is 22.0 Å². The van der Waals surface area contributed by atoms with Gasteiger partial charge in [-0.1, -0.05) is 18.2 Å². The van der Waals surface area contributed by atoms with E-state index in [9.17, 15) is 22.0 Å². The van der Waals surface area contributed by atoms with Gasteiger partial charge in [-0.3, -0.25) is 4.79 Å². The van der Waals surface area contributed by atoms with Gasteiger partial charge in [0, 0.05) is 23.4 Å². The first-order valence-electron chi connectivity index (χ1n) is 8.72. The number of sulfone groups is 1. The van der Waals surface area contributed by atoms with Crippen LogP contribution in [0.3, 0.4) is 0 Å². The first-order valence-corrected chi connectivity index (χ1v) is 10.3. The van der Waals surface area contributed by atoms with Gasteiger partial charge in [0.2, 0.25) is 9.84 Å². The Hall–Kier alpha value is -3.07. The maximum atomic E-state index is 12.6. The normalized spacial score (nSPS) is 11.6. The van der Waals surface area contributed by atoms with Gasteiger partial charge in [0.05, 0.1) is 16.3 Å². The van der Waals surface area contributed by atoms with Crippen LogP contribution in [0.15, 0.2) is 59.5 Å². The number of nitrogens with one attached hydrogen (secondary N) is 1. The molecule has 0 atom stereocenters. The van der Waals surface area contributed by atoms with E-state index in [2.05, 4.69) is 10.4 Å². The molecule has 2 aromatic carbocycles. The van der Waals surface area contributed by atoms with E-state index in [-0.39, 0.29) is 12.1 Å². The zero-order chi connectivity index (χ0) is 21.2. The number of hydrogen-bond acceptors (Lipinski definition) is 4. The Morgan fingerprint density at radius 3 is 2.28 bits per heavy atom. The average Bonchev–Trinajstić information content (AvgIpc) is 3.00. The van der Waals surface area contributed by atoms with Crippen molar-refractivity contribution in [3.8, 4) is 5.69 Å². The molecule has 0 aliphatic carbocycles. The number of carbonyl (C=O) groups is 1. The molecule has 3 aromatic rings. The zero-order valence-corrected chi connectivity index (χ0v) is 16.6. The Bertz CT molecular complexity index is 1130. The summed E-state index contributed by atoms with van der Waals surface area (Å²) < 4.78 is 49.9. The molecule has 1 aromatic heterocycles. The molecule has 0 saturated carbocycles. The lowest BCUT2D eigenvalue weighted by atomic mass is 10.1. The molecule has 6 nitrogen and oxygen atoms in total. The van der Waals surface area contributed by atoms with E-state index < -0.39 is 26.4 Å². The molecule has 152 valence electrons. The third-order valence-electron chi connectivity index (χ3n) is 4.55. The maximum absolute atomic E-state index is 12.6. The van der Waals surface area contributed by atoms with Crippen molar-refractivity contribution in [2.75, 3.05) is 0 Å². The monoisotopic (exact) mass is 419 g/mol. The van der Waals surface area contributed by atoms with Crippen molar-refractivity contribution in [2.45, 2.75) is 31.0 Å². The third kappa shape index (κ3) is 4.19. The number of rotatable bonds is 6. The minimum atomic E-state index is -4.69. The molecule has 0 aliphatic rings. The van der Waals surface area contributed by atoms with Crippen LogP contribution in [-0.4, -0.2) is 29.9 Å². The molecule has 1 heterocycles. The second-order valence-electron chi connectivity index (χ2n) is 6.41. The van der Waals surface area contributed by atoms with Crippen LogP contribution in [0.25, 0.3) is 5.69 Å². The summed E-state index contributed by atoms with van der Waals surface area (Å²) in [5, 5.41) is 7.27. The van der Waals surface area contributed by atoms with Gasteiger partial charge in [-0.05, 0) is 50.2 Å². The smallest absolute Gasteiger partial charge is 0.341 e. The number of para-hydroxylation sites is 1. The summed E-state index contributed by atoms with van der Waals surface area (Å²) in [4.78, 5) is 11.8. The molecule has 0 aliphatic heterocycles. The Kier molecular flexibility index (Phi) is 5.78. The highest BCUT2D eigenvalue weighted by atomic mass is 32.2. The van der Waals surface area contributed by atoms with E-state index in [1.807, 2.05) is 44.2 Å². The number of hydrogen-bond donors (Lipinski definition) is 1. The first kappa shape index (κ1) is 20.7. The molecule has 0 saturated heterocycles. The Labute approximate surface area is 167 Å². The molecule has 9 heteroatoms. The summed E-state index contributed by atoms with van der Waals surface area (Å²) in [5.74, 6) is -3.95. The molecular weight excluding hydrogens is 400 g/mol. The van der Waals surface area contributed by atoms with E-state index in [1.165, 1.54) is 12.1 Å². The topological polar surface area (TPSA) is 81.1 Å². The quantitative estimate of drug-likeness (QED) is 0.664. The third-order valence-corrected chi connectivity index (χ3v) is 5.95. The largest absolute Gasteiger partial charge is 0.348 e. The summed E-state index contributed by atoms with van der Waals surface area (Å²) in [5.41, 5.74) is 3.59. The first-order chi connectivity index (χ1) is 13.7. The molecule has 29 heavy (non-hydrogen) atoms. The fourth-order valence-electron chi connectivity index (χ4n) is 2.92. The predicted octanol–water partition coefficient (Wildman–Crippen LogP) is 3.42. The molecule has 0 unspecified atom stereocenters. The van der Waals surface area contributed by atoms with Crippen LogP contribution >= 0.6 is 0 Å². The maximum Gasteiger partial charge on any atom is 0.341 e. The van der Waals surface area contributed by atoms with Crippen molar-refractivity contribution in [3.63, 3.8) is 0 Å². The summed E-state index contributed by atoms with van der Waals surface area (Å²) in [6.45, 7) is 3.97. The fourth-order valence-corrected chi connectivity index (χ4v) is 3.64. The number of halogens is 2. The second-order valence-corrected chi connectivity index (χ2v) is 8.33. The van der Waals surface area contributed by atoms with Crippen molar-refractivity contribution in [1.82, 2.24) is 15.1 Å². The lowest BCUT2D eigenvalue weighted by Crippen LogP contribution is -2.23. The summed E-state index contributed by atoms with van der Waals surface area (Å²) in [7, 11) is -4.69. The highest BCUT2D eigenvalue weighted by molar-refractivity contribution is 7.91. The van der Waals surface area contributed by atoms with Gasteiger partial charge < -0.3 is 5.32 Å². The van der Waals surface area contributed by atoms with Crippen molar-refractivity contribution in [3.05, 3.63) is 77.1 Å². The zero-order valence-electron chi connectivity index (χ0n) is 15.8. The minimum Gasteiger partial charge on any atom is -0.348 e. The number of nitrogens with zero attached hydrogens (tertiary/aromatic N) is 2. The van der Waals surface area contributed by atoms with Crippen LogP contribution in [0.2, 0.25) is 0 Å². The van der Waals surface area contributed by atoms with Gasteiger partial charge in [0.1, 0.15) is 0 Å². The molecule has 3 rings (SSSR count). The Morgan fingerprint density at radius 1 is 1.07 bits per heavy atom. The molecular formula is C20H19F2N3O3S. The van der Waals surface area contributed by atoms with Crippen LogP contribution in [-0.2, 0) is 16.4 Å². The molecule has 1 N–H and O–H groups in total. The number of amides is 1. The molecule has 0 radical (unpaired) electrons. The highest BCUT2D eigenvalue weighted by Crippen LogP contribution is 2.20. The highest BCUT2D eigenvalue weighted by Gasteiger charge is 2.26. The number of alkyl halides is 2. The Balaban J connectivity index is 1.74. The lowest BCUT2D eigenvalue weighted by Gasteiger charge is -2.08. The van der Waals surface area contributed by atoms with Crippen LogP contribution in [0.4, 0.5) is 8.78 Å². The van der Waals surface area contributed by atoms with E-state index in [0.717, 1.165) is 34.8 Å². The van der Waals surface area contributed by atoms with Gasteiger partial charge >= 0.3 is 5.76 Å². The van der Waals surface area contributed by atoms with E-state index in [4.69, 9.17) is 0 Å². The number of aromatic nitrogens is 2. The van der Waals surface area contributed by atoms with Gasteiger partial charge in [-0.2, -0.15) is 13.9 Å². The summed E-state index contributed by atoms with van der Waals surface area (Å²) in [6, 6.07) is 14.0. The van der Waals surface area contributed by atoms with E-state index in [1.54, 1.807) is 4.68 Å². The number of carbonyl (C=O) groups excluding carboxylic acids is 1.